The largest absolute Gasteiger partial charge is 0.480 e. The summed E-state index contributed by atoms with van der Waals surface area (Å²) in [5.74, 6) is -3.96. The Morgan fingerprint density at radius 2 is 1.41 bits per heavy atom. The minimum Gasteiger partial charge on any atom is -0.480 e. The van der Waals surface area contributed by atoms with Crippen molar-refractivity contribution < 1.29 is 29.1 Å². The van der Waals surface area contributed by atoms with E-state index in [1.807, 2.05) is 0 Å². The first-order valence-corrected chi connectivity index (χ1v) is 8.38. The van der Waals surface area contributed by atoms with Gasteiger partial charge in [0.2, 0.25) is 23.6 Å². The average molecular weight is 388 g/mol. The molecule has 11 N–H and O–H groups in total. The second kappa shape index (κ2) is 11.8. The van der Waals surface area contributed by atoms with E-state index in [1.165, 1.54) is 6.92 Å². The zero-order chi connectivity index (χ0) is 21.1. The Hall–Kier alpha value is -2.73. The van der Waals surface area contributed by atoms with Crippen molar-refractivity contribution in [3.63, 3.8) is 0 Å². The highest BCUT2D eigenvalue weighted by atomic mass is 16.4. The highest BCUT2D eigenvalue weighted by Gasteiger charge is 2.25. The van der Waals surface area contributed by atoms with Crippen LogP contribution in [-0.4, -0.2) is 58.9 Å². The van der Waals surface area contributed by atoms with Crippen molar-refractivity contribution >= 4 is 29.6 Å². The molecule has 4 amide bonds. The first-order valence-electron chi connectivity index (χ1n) is 8.38. The van der Waals surface area contributed by atoms with Crippen LogP contribution in [-0.2, 0) is 24.0 Å². The van der Waals surface area contributed by atoms with Crippen LogP contribution in [0.1, 0.15) is 39.0 Å². The molecule has 27 heavy (non-hydrogen) atoms. The Morgan fingerprint density at radius 3 is 1.89 bits per heavy atom. The summed E-state index contributed by atoms with van der Waals surface area (Å²) >= 11 is 0. The minimum atomic E-state index is -1.24. The first-order chi connectivity index (χ1) is 12.5. The van der Waals surface area contributed by atoms with E-state index in [-0.39, 0.29) is 32.1 Å². The van der Waals surface area contributed by atoms with Crippen LogP contribution >= 0.6 is 0 Å². The molecule has 0 fully saturated rings. The molecule has 12 heteroatoms. The fourth-order valence-corrected chi connectivity index (χ4v) is 2.02. The summed E-state index contributed by atoms with van der Waals surface area (Å²) in [5, 5.41) is 13.6. The smallest absolute Gasteiger partial charge is 0.325 e. The number of amides is 4. The molecule has 0 saturated heterocycles. The van der Waals surface area contributed by atoms with Gasteiger partial charge in [0, 0.05) is 6.42 Å². The van der Waals surface area contributed by atoms with E-state index in [0.29, 0.717) is 0 Å². The molecule has 0 aliphatic carbocycles. The molecule has 0 heterocycles. The molecule has 0 bridgehead atoms. The van der Waals surface area contributed by atoms with E-state index in [1.54, 1.807) is 0 Å². The number of nitrogens with two attached hydrogens (primary N) is 4. The highest BCUT2D eigenvalue weighted by Crippen LogP contribution is 2.06. The van der Waals surface area contributed by atoms with E-state index in [4.69, 9.17) is 28.0 Å². The highest BCUT2D eigenvalue weighted by molar-refractivity contribution is 5.90. The maximum Gasteiger partial charge on any atom is 0.325 e. The van der Waals surface area contributed by atoms with Gasteiger partial charge in [-0.15, -0.1) is 0 Å². The van der Waals surface area contributed by atoms with Crippen LogP contribution < -0.4 is 33.6 Å². The summed E-state index contributed by atoms with van der Waals surface area (Å²) < 4.78 is 0. The number of carbonyl (C=O) groups is 5. The third kappa shape index (κ3) is 10.1. The minimum absolute atomic E-state index is 0.00637. The van der Waals surface area contributed by atoms with Crippen LogP contribution in [0.2, 0.25) is 0 Å². The van der Waals surface area contributed by atoms with E-state index >= 15 is 0 Å². The molecule has 0 unspecified atom stereocenters. The van der Waals surface area contributed by atoms with E-state index in [2.05, 4.69) is 10.6 Å². The average Bonchev–Trinajstić information content (AvgIpc) is 2.57. The molecule has 0 saturated carbocycles. The Kier molecular flexibility index (Phi) is 10.6. The lowest BCUT2D eigenvalue weighted by atomic mass is 10.0. The summed E-state index contributed by atoms with van der Waals surface area (Å²) in [6, 6.07) is -4.10. The third-order valence-electron chi connectivity index (χ3n) is 3.80. The fourth-order valence-electron chi connectivity index (χ4n) is 2.02. The Labute approximate surface area is 156 Å². The van der Waals surface area contributed by atoms with Gasteiger partial charge < -0.3 is 38.7 Å². The molecular weight excluding hydrogens is 360 g/mol. The summed E-state index contributed by atoms with van der Waals surface area (Å²) in [6.07, 6.45) is 0.421. The molecule has 4 atom stereocenters. The molecule has 12 nitrogen and oxygen atoms in total. The molecule has 154 valence electrons. The second-order valence-corrected chi connectivity index (χ2v) is 6.18. The number of nitrogens with one attached hydrogen (secondary N) is 2. The molecular formula is C15H28N6O6. The van der Waals surface area contributed by atoms with E-state index in [9.17, 15) is 24.0 Å². The topological polar surface area (TPSA) is 234 Å². The number of aliphatic carboxylic acids is 1. The lowest BCUT2D eigenvalue weighted by Crippen LogP contribution is -2.51. The number of rotatable bonds is 13. The maximum absolute atomic E-state index is 12.2. The molecule has 0 spiro atoms. The summed E-state index contributed by atoms with van der Waals surface area (Å²) in [7, 11) is 0. The summed E-state index contributed by atoms with van der Waals surface area (Å²) in [5.41, 5.74) is 21.0. The second-order valence-electron chi connectivity index (χ2n) is 6.18. The Balaban J connectivity index is 4.82. The molecule has 0 aromatic rings. The number of carboxylic acids is 1. The number of carboxylic acid groups (broad SMARTS) is 1. The van der Waals surface area contributed by atoms with Gasteiger partial charge in [0.05, 0.1) is 12.1 Å². The lowest BCUT2D eigenvalue weighted by molar-refractivity contribution is -0.141. The predicted molar refractivity (Wildman–Crippen MR) is 94.6 cm³/mol. The van der Waals surface area contributed by atoms with Crippen LogP contribution in [0.3, 0.4) is 0 Å². The fraction of sp³-hybridized carbons (Fsp3) is 0.667. The summed E-state index contributed by atoms with van der Waals surface area (Å²) in [4.78, 5) is 56.9. The van der Waals surface area contributed by atoms with Gasteiger partial charge in [-0.25, -0.2) is 0 Å². The Morgan fingerprint density at radius 1 is 0.889 bits per heavy atom. The van der Waals surface area contributed by atoms with Crippen LogP contribution in [0.15, 0.2) is 0 Å². The standard InChI is InChI=1S/C15H28N6O6/c1-7(15(26)27)20-14(25)10(4-2-3-8(16)12(18)23)21-11(22)6-5-9(17)13(19)24/h7-10H,2-6,16-17H2,1H3,(H2,18,23)(H2,19,24)(H,20,25)(H,21,22)(H,26,27)/t7-,8-,9-,10+/m1/s1. The number of hydrogen-bond donors (Lipinski definition) is 7. The summed E-state index contributed by atoms with van der Waals surface area (Å²) in [6.45, 7) is 1.27. The van der Waals surface area contributed by atoms with Gasteiger partial charge >= 0.3 is 5.97 Å². The van der Waals surface area contributed by atoms with Gasteiger partial charge in [-0.05, 0) is 32.6 Å². The van der Waals surface area contributed by atoms with Gasteiger partial charge in [0.25, 0.3) is 0 Å². The van der Waals surface area contributed by atoms with Crippen molar-refractivity contribution in [3.8, 4) is 0 Å². The zero-order valence-corrected chi connectivity index (χ0v) is 15.1. The van der Waals surface area contributed by atoms with Crippen LogP contribution in [0, 0.1) is 0 Å². The van der Waals surface area contributed by atoms with Crippen LogP contribution in [0.4, 0.5) is 0 Å². The number of hydrogen-bond acceptors (Lipinski definition) is 7. The maximum atomic E-state index is 12.2. The van der Waals surface area contributed by atoms with Crippen LogP contribution in [0.5, 0.6) is 0 Å². The van der Waals surface area contributed by atoms with Crippen molar-refractivity contribution in [1.29, 1.82) is 0 Å². The zero-order valence-electron chi connectivity index (χ0n) is 15.1. The molecule has 0 radical (unpaired) electrons. The van der Waals surface area contributed by atoms with Crippen molar-refractivity contribution in [1.82, 2.24) is 10.6 Å². The Bertz CT molecular complexity index is 569. The van der Waals surface area contributed by atoms with Crippen molar-refractivity contribution in [3.05, 3.63) is 0 Å². The lowest BCUT2D eigenvalue weighted by Gasteiger charge is -2.20. The molecule has 0 aliphatic heterocycles. The SMILES string of the molecule is C[C@@H](NC(=O)[C@H](CCC[C@@H](N)C(N)=O)NC(=O)CC[C@@H](N)C(N)=O)C(=O)O. The number of primary amides is 2. The predicted octanol–water partition coefficient (Wildman–Crippen LogP) is -3.36. The molecule has 0 aliphatic rings. The first kappa shape index (κ1) is 24.3. The van der Waals surface area contributed by atoms with E-state index < -0.39 is 53.8 Å². The monoisotopic (exact) mass is 388 g/mol. The van der Waals surface area contributed by atoms with Crippen molar-refractivity contribution in [2.45, 2.75) is 63.2 Å². The van der Waals surface area contributed by atoms with Crippen molar-refractivity contribution in [2.24, 2.45) is 22.9 Å². The quantitative estimate of drug-likeness (QED) is 0.168. The van der Waals surface area contributed by atoms with Crippen LogP contribution in [0.25, 0.3) is 0 Å². The molecule has 0 aromatic heterocycles. The van der Waals surface area contributed by atoms with Gasteiger partial charge in [-0.3, -0.25) is 24.0 Å². The van der Waals surface area contributed by atoms with Crippen molar-refractivity contribution in [2.75, 3.05) is 0 Å². The molecule has 0 rings (SSSR count). The van der Waals surface area contributed by atoms with Gasteiger partial charge in [0.15, 0.2) is 0 Å². The third-order valence-corrected chi connectivity index (χ3v) is 3.80. The van der Waals surface area contributed by atoms with Gasteiger partial charge in [-0.2, -0.15) is 0 Å². The van der Waals surface area contributed by atoms with E-state index in [0.717, 1.165) is 0 Å². The normalized spacial score (nSPS) is 15.1. The van der Waals surface area contributed by atoms with Gasteiger partial charge in [-0.1, -0.05) is 0 Å². The molecule has 0 aromatic carbocycles. The van der Waals surface area contributed by atoms with Gasteiger partial charge in [0.1, 0.15) is 12.1 Å². The number of carbonyl (C=O) groups excluding carboxylic acids is 4.